The molecule has 0 saturated heterocycles. The molecule has 4 aromatic rings. The third kappa shape index (κ3) is 7.08. The van der Waals surface area contributed by atoms with Crippen molar-refractivity contribution in [1.82, 2.24) is 9.99 Å². The maximum atomic E-state index is 15.8. The van der Waals surface area contributed by atoms with E-state index in [2.05, 4.69) is 39.0 Å². The number of carbonyl (C=O) groups is 1. The van der Waals surface area contributed by atoms with Crippen molar-refractivity contribution in [1.29, 1.82) is 0 Å². The Morgan fingerprint density at radius 2 is 1.24 bits per heavy atom. The highest BCUT2D eigenvalue weighted by molar-refractivity contribution is 7.76. The molecule has 0 saturated carbocycles. The van der Waals surface area contributed by atoms with Crippen molar-refractivity contribution in [3.05, 3.63) is 126 Å². The van der Waals surface area contributed by atoms with E-state index in [0.717, 1.165) is 5.56 Å². The second-order valence-corrected chi connectivity index (χ2v) is 20.3. The second-order valence-electron chi connectivity index (χ2n) is 13.1. The lowest BCUT2D eigenvalue weighted by atomic mass is 9.81. The van der Waals surface area contributed by atoms with Crippen molar-refractivity contribution in [2.45, 2.75) is 64.4 Å². The van der Waals surface area contributed by atoms with Crippen molar-refractivity contribution < 1.29 is 18.5 Å². The minimum absolute atomic E-state index is 0.172. The van der Waals surface area contributed by atoms with Gasteiger partial charge in [-0.15, -0.1) is 0 Å². The van der Waals surface area contributed by atoms with Crippen LogP contribution >= 0.6 is 7.29 Å². The van der Waals surface area contributed by atoms with E-state index in [4.69, 9.17) is 9.16 Å². The summed E-state index contributed by atoms with van der Waals surface area (Å²) in [5.74, 6) is 0.511. The largest absolute Gasteiger partial charge is 0.497 e. The molecule has 4 rings (SSSR count). The molecular formula is C38H49N2O4PSi. The van der Waals surface area contributed by atoms with E-state index in [0.29, 0.717) is 35.0 Å². The number of nitrogens with one attached hydrogen (secondary N) is 1. The van der Waals surface area contributed by atoms with Crippen LogP contribution in [0.4, 0.5) is 0 Å². The minimum atomic E-state index is -3.59. The van der Waals surface area contributed by atoms with Crippen molar-refractivity contribution >= 4 is 32.1 Å². The number of hydrogen-bond donors (Lipinski definition) is 1. The standard InChI is InChI=1S/C38H49N2O4PSi/c1-9-40(10-2)36(41)38(31-20-14-11-15-21-31,44-46(7,8)37(3,4)5)35(30-26-28-32(43-6)29-27-30)39-45(42,33-22-16-12-17-23-33)34-24-18-13-19-25-34/h11-29,35H,9-10H2,1-8H3,(H,39,42). The normalized spacial score (nSPS) is 14.3. The minimum Gasteiger partial charge on any atom is -0.497 e. The number of rotatable bonds is 13. The lowest BCUT2D eigenvalue weighted by molar-refractivity contribution is -0.153. The maximum Gasteiger partial charge on any atom is 0.260 e. The summed E-state index contributed by atoms with van der Waals surface area (Å²) in [5.41, 5.74) is -0.113. The number of nitrogens with zero attached hydrogens (tertiary/aromatic N) is 1. The molecule has 46 heavy (non-hydrogen) atoms. The van der Waals surface area contributed by atoms with Crippen LogP contribution in [-0.2, 0) is 19.4 Å². The molecule has 0 aliphatic heterocycles. The zero-order valence-corrected chi connectivity index (χ0v) is 30.4. The molecule has 0 aromatic heterocycles. The molecule has 0 heterocycles. The molecule has 0 bridgehead atoms. The lowest BCUT2D eigenvalue weighted by Crippen LogP contribution is -2.61. The molecule has 1 amide bonds. The number of ether oxygens (including phenoxy) is 1. The Bertz CT molecular complexity index is 1560. The quantitative estimate of drug-likeness (QED) is 0.117. The fourth-order valence-corrected chi connectivity index (χ4v) is 9.42. The summed E-state index contributed by atoms with van der Waals surface area (Å²) in [6.07, 6.45) is 0. The van der Waals surface area contributed by atoms with Crippen molar-refractivity contribution in [2.75, 3.05) is 20.2 Å². The molecule has 6 nitrogen and oxygen atoms in total. The summed E-state index contributed by atoms with van der Waals surface area (Å²) in [7, 11) is -4.67. The third-order valence-corrected chi connectivity index (χ3v) is 16.3. The molecule has 4 aromatic carbocycles. The summed E-state index contributed by atoms with van der Waals surface area (Å²) in [5, 5.41) is 4.73. The van der Waals surface area contributed by atoms with Gasteiger partial charge in [0.25, 0.3) is 5.91 Å². The predicted molar refractivity (Wildman–Crippen MR) is 193 cm³/mol. The fraction of sp³-hybridized carbons (Fsp3) is 0.342. The van der Waals surface area contributed by atoms with Gasteiger partial charge in [0.2, 0.25) is 7.29 Å². The second kappa shape index (κ2) is 14.5. The average Bonchev–Trinajstić information content (AvgIpc) is 3.07. The van der Waals surface area contributed by atoms with Crippen molar-refractivity contribution in [2.24, 2.45) is 0 Å². The summed E-state index contributed by atoms with van der Waals surface area (Å²) in [4.78, 5) is 17.2. The van der Waals surface area contributed by atoms with Gasteiger partial charge in [-0.3, -0.25) is 9.36 Å². The third-order valence-electron chi connectivity index (χ3n) is 9.20. The number of methoxy groups -OCH3 is 1. The Hall–Kier alpha value is -3.48. The Balaban J connectivity index is 2.15. The maximum absolute atomic E-state index is 15.8. The monoisotopic (exact) mass is 656 g/mol. The van der Waals surface area contributed by atoms with E-state index in [1.807, 2.05) is 134 Å². The van der Waals surface area contributed by atoms with Crippen LogP contribution in [0.25, 0.3) is 0 Å². The molecule has 244 valence electrons. The summed E-state index contributed by atoms with van der Waals surface area (Å²) in [6.45, 7) is 15.8. The van der Waals surface area contributed by atoms with Crippen LogP contribution in [0.3, 0.4) is 0 Å². The topological polar surface area (TPSA) is 67.9 Å². The van der Waals surface area contributed by atoms with Gasteiger partial charge in [-0.1, -0.05) is 99.6 Å². The number of likely N-dealkylation sites (N-methyl/N-ethyl adjacent to an activating group) is 1. The van der Waals surface area contributed by atoms with Crippen LogP contribution in [0.15, 0.2) is 115 Å². The first-order chi connectivity index (χ1) is 21.8. The molecule has 0 aliphatic rings. The van der Waals surface area contributed by atoms with E-state index in [1.54, 1.807) is 7.11 Å². The highest BCUT2D eigenvalue weighted by Crippen LogP contribution is 2.52. The molecule has 0 fully saturated rings. The summed E-state index contributed by atoms with van der Waals surface area (Å²) >= 11 is 0. The van der Waals surface area contributed by atoms with Crippen LogP contribution in [0.5, 0.6) is 5.75 Å². The highest BCUT2D eigenvalue weighted by Gasteiger charge is 2.57. The zero-order valence-electron chi connectivity index (χ0n) is 28.5. The first-order valence-corrected chi connectivity index (χ1v) is 20.6. The number of carbonyl (C=O) groups excluding carboxylic acids is 1. The molecule has 2 unspecified atom stereocenters. The van der Waals surface area contributed by atoms with Gasteiger partial charge in [-0.25, -0.2) is 5.09 Å². The van der Waals surface area contributed by atoms with Crippen molar-refractivity contribution in [3.8, 4) is 5.75 Å². The van der Waals surface area contributed by atoms with Crippen LogP contribution in [0.1, 0.15) is 51.8 Å². The van der Waals surface area contributed by atoms with Gasteiger partial charge >= 0.3 is 0 Å². The lowest BCUT2D eigenvalue weighted by Gasteiger charge is -2.50. The molecule has 0 aliphatic carbocycles. The van der Waals surface area contributed by atoms with Crippen LogP contribution in [0.2, 0.25) is 18.1 Å². The Kier molecular flexibility index (Phi) is 11.2. The molecule has 0 radical (unpaired) electrons. The van der Waals surface area contributed by atoms with Crippen LogP contribution in [0, 0.1) is 0 Å². The van der Waals surface area contributed by atoms with Gasteiger partial charge in [-0.05, 0) is 79.5 Å². The van der Waals surface area contributed by atoms with Crippen LogP contribution < -0.4 is 20.4 Å². The summed E-state index contributed by atoms with van der Waals surface area (Å²) in [6, 6.07) is 35.5. The van der Waals surface area contributed by atoms with Gasteiger partial charge in [0.15, 0.2) is 13.9 Å². The number of amides is 1. The molecule has 8 heteroatoms. The van der Waals surface area contributed by atoms with E-state index >= 15 is 9.36 Å². The van der Waals surface area contributed by atoms with Crippen LogP contribution in [-0.4, -0.2) is 39.3 Å². The number of hydrogen-bond acceptors (Lipinski definition) is 4. The van der Waals surface area contributed by atoms with Gasteiger partial charge < -0.3 is 14.1 Å². The molecule has 0 spiro atoms. The fourth-order valence-electron chi connectivity index (χ4n) is 5.51. The number of benzene rings is 4. The van der Waals surface area contributed by atoms with E-state index in [-0.39, 0.29) is 10.9 Å². The van der Waals surface area contributed by atoms with E-state index in [1.165, 1.54) is 0 Å². The highest BCUT2D eigenvalue weighted by atomic mass is 31.2. The average molecular weight is 657 g/mol. The SMILES string of the molecule is CCN(CC)C(=O)C(O[Si](C)(C)C(C)(C)C)(c1ccccc1)C(NP(=O)(c1ccccc1)c1ccccc1)c1ccc(OC)cc1. The van der Waals surface area contributed by atoms with Gasteiger partial charge in [0.05, 0.1) is 13.2 Å². The Morgan fingerprint density at radius 1 is 0.783 bits per heavy atom. The zero-order chi connectivity index (χ0) is 33.6. The molecule has 2 atom stereocenters. The Labute approximate surface area is 276 Å². The van der Waals surface area contributed by atoms with Crippen molar-refractivity contribution in [3.63, 3.8) is 0 Å². The first-order valence-electron chi connectivity index (χ1n) is 16.0. The smallest absolute Gasteiger partial charge is 0.260 e. The molecular weight excluding hydrogens is 607 g/mol. The van der Waals surface area contributed by atoms with Gasteiger partial charge in [0, 0.05) is 23.7 Å². The van der Waals surface area contributed by atoms with E-state index < -0.39 is 27.3 Å². The van der Waals surface area contributed by atoms with E-state index in [9.17, 15) is 0 Å². The Morgan fingerprint density at radius 3 is 1.65 bits per heavy atom. The van der Waals surface area contributed by atoms with Gasteiger partial charge in [-0.2, -0.15) is 0 Å². The predicted octanol–water partition coefficient (Wildman–Crippen LogP) is 8.04. The molecule has 1 N–H and O–H groups in total. The first kappa shape index (κ1) is 35.4. The summed E-state index contributed by atoms with van der Waals surface area (Å²) < 4.78 is 28.9. The van der Waals surface area contributed by atoms with Gasteiger partial charge in [0.1, 0.15) is 5.75 Å².